The van der Waals surface area contributed by atoms with Gasteiger partial charge in [0.05, 0.1) is 13.5 Å². The number of hydrogen-bond acceptors (Lipinski definition) is 3. The van der Waals surface area contributed by atoms with Crippen LogP contribution in [-0.2, 0) is 4.79 Å². The fourth-order valence-electron chi connectivity index (χ4n) is 1.03. The number of aldehydes is 1. The monoisotopic (exact) mass is 196 g/mol. The average molecular weight is 196 g/mol. The van der Waals surface area contributed by atoms with Crippen molar-refractivity contribution in [3.63, 3.8) is 0 Å². The summed E-state index contributed by atoms with van der Waals surface area (Å²) in [4.78, 5) is 21.3. The lowest BCUT2D eigenvalue weighted by Crippen LogP contribution is -2.00. The second-order valence-corrected chi connectivity index (χ2v) is 2.64. The number of carbonyl (C=O) groups excluding carboxylic acids is 2. The minimum atomic E-state index is -0.532. The molecule has 0 aromatic heterocycles. The van der Waals surface area contributed by atoms with E-state index in [2.05, 4.69) is 0 Å². The lowest BCUT2D eigenvalue weighted by atomic mass is 10.1. The highest BCUT2D eigenvalue weighted by atomic mass is 19.1. The third kappa shape index (κ3) is 2.16. The minimum absolute atomic E-state index is 0.00162. The SMILES string of the molecule is COc1cc(C(=O)CC=O)ccc1F. The molecule has 0 fully saturated rings. The van der Waals surface area contributed by atoms with Gasteiger partial charge in [-0.1, -0.05) is 0 Å². The maximum Gasteiger partial charge on any atom is 0.170 e. The fourth-order valence-corrected chi connectivity index (χ4v) is 1.03. The van der Waals surface area contributed by atoms with Crippen LogP contribution in [0.5, 0.6) is 5.75 Å². The number of rotatable bonds is 4. The van der Waals surface area contributed by atoms with Crippen LogP contribution >= 0.6 is 0 Å². The van der Waals surface area contributed by atoms with Crippen molar-refractivity contribution in [2.24, 2.45) is 0 Å². The molecule has 0 saturated heterocycles. The van der Waals surface area contributed by atoms with Gasteiger partial charge in [0.15, 0.2) is 17.3 Å². The molecule has 0 N–H and O–H groups in total. The first-order chi connectivity index (χ1) is 6.69. The standard InChI is InChI=1S/C10H9FO3/c1-14-10-6-7(2-3-8(10)11)9(13)4-5-12/h2-3,5-6H,4H2,1H3. The third-order valence-corrected chi connectivity index (χ3v) is 1.74. The summed E-state index contributed by atoms with van der Waals surface area (Å²) in [5.41, 5.74) is 0.273. The molecule has 0 amide bonds. The molecule has 0 unspecified atom stereocenters. The molecule has 4 heteroatoms. The van der Waals surface area contributed by atoms with E-state index in [9.17, 15) is 14.0 Å². The van der Waals surface area contributed by atoms with Crippen molar-refractivity contribution in [3.8, 4) is 5.75 Å². The summed E-state index contributed by atoms with van der Waals surface area (Å²) in [6.45, 7) is 0. The van der Waals surface area contributed by atoms with Crippen LogP contribution in [0.3, 0.4) is 0 Å². The molecule has 0 saturated carbocycles. The summed E-state index contributed by atoms with van der Waals surface area (Å²) >= 11 is 0. The number of methoxy groups -OCH3 is 1. The van der Waals surface area contributed by atoms with Crippen LogP contribution in [0.15, 0.2) is 18.2 Å². The number of halogens is 1. The van der Waals surface area contributed by atoms with Crippen molar-refractivity contribution in [3.05, 3.63) is 29.6 Å². The van der Waals surface area contributed by atoms with Crippen LogP contribution in [0.2, 0.25) is 0 Å². The second kappa shape index (κ2) is 4.50. The van der Waals surface area contributed by atoms with Gasteiger partial charge < -0.3 is 9.53 Å². The van der Waals surface area contributed by atoms with Crippen molar-refractivity contribution in [2.45, 2.75) is 6.42 Å². The summed E-state index contributed by atoms with van der Waals surface area (Å²) in [6, 6.07) is 3.74. The summed E-state index contributed by atoms with van der Waals surface area (Å²) in [5, 5.41) is 0. The number of hydrogen-bond donors (Lipinski definition) is 0. The zero-order chi connectivity index (χ0) is 10.6. The Morgan fingerprint density at radius 3 is 2.86 bits per heavy atom. The molecule has 1 aromatic carbocycles. The van der Waals surface area contributed by atoms with Crippen LogP contribution < -0.4 is 4.74 Å². The Kier molecular flexibility index (Phi) is 3.34. The van der Waals surface area contributed by atoms with Gasteiger partial charge in [-0.05, 0) is 18.2 Å². The minimum Gasteiger partial charge on any atom is -0.494 e. The van der Waals surface area contributed by atoms with E-state index >= 15 is 0 Å². The van der Waals surface area contributed by atoms with Gasteiger partial charge in [-0.2, -0.15) is 0 Å². The van der Waals surface area contributed by atoms with Gasteiger partial charge in [0.2, 0.25) is 0 Å². The predicted molar refractivity (Wildman–Crippen MR) is 48.0 cm³/mol. The molecule has 1 rings (SSSR count). The lowest BCUT2D eigenvalue weighted by molar-refractivity contribution is -0.107. The van der Waals surface area contributed by atoms with Gasteiger partial charge in [-0.25, -0.2) is 4.39 Å². The lowest BCUT2D eigenvalue weighted by Gasteiger charge is -2.03. The fraction of sp³-hybridized carbons (Fsp3) is 0.200. The van der Waals surface area contributed by atoms with Gasteiger partial charge in [0, 0.05) is 5.56 Å². The molecular weight excluding hydrogens is 187 g/mol. The van der Waals surface area contributed by atoms with Crippen molar-refractivity contribution < 1.29 is 18.7 Å². The van der Waals surface area contributed by atoms with Crippen LogP contribution in [0.25, 0.3) is 0 Å². The number of ether oxygens (including phenoxy) is 1. The number of ketones is 1. The molecule has 0 radical (unpaired) electrons. The number of carbonyl (C=O) groups is 2. The van der Waals surface area contributed by atoms with Crippen molar-refractivity contribution in [1.29, 1.82) is 0 Å². The van der Waals surface area contributed by atoms with E-state index in [0.717, 1.165) is 6.07 Å². The molecule has 0 atom stereocenters. The van der Waals surface area contributed by atoms with Crippen molar-refractivity contribution in [1.82, 2.24) is 0 Å². The number of benzene rings is 1. The molecule has 0 spiro atoms. The topological polar surface area (TPSA) is 43.4 Å². The highest BCUT2D eigenvalue weighted by molar-refractivity contribution is 6.02. The Bertz CT molecular complexity index is 360. The van der Waals surface area contributed by atoms with E-state index in [1.807, 2.05) is 0 Å². The first kappa shape index (κ1) is 10.4. The zero-order valence-electron chi connectivity index (χ0n) is 7.62. The molecule has 14 heavy (non-hydrogen) atoms. The van der Waals surface area contributed by atoms with E-state index in [1.165, 1.54) is 19.2 Å². The molecule has 0 aliphatic heterocycles. The molecule has 74 valence electrons. The highest BCUT2D eigenvalue weighted by Crippen LogP contribution is 2.18. The average Bonchev–Trinajstić information content (AvgIpc) is 2.19. The number of Topliss-reactive ketones (excluding diaryl/α,β-unsaturated/α-hetero) is 1. The van der Waals surface area contributed by atoms with E-state index in [4.69, 9.17) is 4.74 Å². The van der Waals surface area contributed by atoms with Crippen molar-refractivity contribution in [2.75, 3.05) is 7.11 Å². The Morgan fingerprint density at radius 2 is 2.29 bits per heavy atom. The molecule has 3 nitrogen and oxygen atoms in total. The maximum atomic E-state index is 12.9. The Labute approximate surface area is 80.5 Å². The molecular formula is C10H9FO3. The first-order valence-corrected chi connectivity index (χ1v) is 3.99. The van der Waals surface area contributed by atoms with E-state index in [1.54, 1.807) is 0 Å². The summed E-state index contributed by atoms with van der Waals surface area (Å²) in [6.07, 6.45) is 0.312. The smallest absolute Gasteiger partial charge is 0.170 e. The molecule has 0 aliphatic carbocycles. The quantitative estimate of drug-likeness (QED) is 0.417. The Balaban J connectivity index is 2.99. The summed E-state index contributed by atoms with van der Waals surface area (Å²) < 4.78 is 17.6. The molecule has 0 heterocycles. The van der Waals surface area contributed by atoms with Gasteiger partial charge in [-0.3, -0.25) is 4.79 Å². The molecule has 0 bridgehead atoms. The largest absolute Gasteiger partial charge is 0.494 e. The van der Waals surface area contributed by atoms with Gasteiger partial charge in [-0.15, -0.1) is 0 Å². The predicted octanol–water partition coefficient (Wildman–Crippen LogP) is 1.61. The van der Waals surface area contributed by atoms with E-state index in [0.29, 0.717) is 6.29 Å². The third-order valence-electron chi connectivity index (χ3n) is 1.74. The Hall–Kier alpha value is -1.71. The van der Waals surface area contributed by atoms with Gasteiger partial charge >= 0.3 is 0 Å². The zero-order valence-corrected chi connectivity index (χ0v) is 7.62. The van der Waals surface area contributed by atoms with Gasteiger partial charge in [0.25, 0.3) is 0 Å². The van der Waals surface area contributed by atoms with Crippen LogP contribution in [0, 0.1) is 5.82 Å². The molecule has 0 aliphatic rings. The normalized spacial score (nSPS) is 9.57. The maximum absolute atomic E-state index is 12.9. The van der Waals surface area contributed by atoms with Gasteiger partial charge in [0.1, 0.15) is 6.29 Å². The highest BCUT2D eigenvalue weighted by Gasteiger charge is 2.09. The van der Waals surface area contributed by atoms with E-state index < -0.39 is 5.82 Å². The Morgan fingerprint density at radius 1 is 1.57 bits per heavy atom. The van der Waals surface area contributed by atoms with Crippen molar-refractivity contribution >= 4 is 12.1 Å². The second-order valence-electron chi connectivity index (χ2n) is 2.64. The summed E-state index contributed by atoms with van der Waals surface area (Å²) in [7, 11) is 1.31. The van der Waals surface area contributed by atoms with Crippen LogP contribution in [0.1, 0.15) is 16.8 Å². The first-order valence-electron chi connectivity index (χ1n) is 3.99. The summed E-state index contributed by atoms with van der Waals surface area (Å²) in [5.74, 6) is -0.879. The van der Waals surface area contributed by atoms with Crippen LogP contribution in [-0.4, -0.2) is 19.2 Å². The van der Waals surface area contributed by atoms with E-state index in [-0.39, 0.29) is 23.5 Å². The molecule has 1 aromatic rings. The van der Waals surface area contributed by atoms with Crippen LogP contribution in [0.4, 0.5) is 4.39 Å².